The molecule has 1 aromatic heterocycles. The number of alkyl halides is 3. The molecule has 1 amide bonds. The molecule has 0 spiro atoms. The number of halogens is 3. The monoisotopic (exact) mass is 546 g/mol. The fourth-order valence-electron chi connectivity index (χ4n) is 4.44. The molecule has 0 bridgehead atoms. The minimum atomic E-state index is -4.40. The third kappa shape index (κ3) is 7.28. The highest BCUT2D eigenvalue weighted by atomic mass is 19.4. The van der Waals surface area contributed by atoms with Gasteiger partial charge in [-0.05, 0) is 35.4 Å². The molecule has 5 rings (SSSR count). The first-order valence-corrected chi connectivity index (χ1v) is 12.6. The summed E-state index contributed by atoms with van der Waals surface area (Å²) >= 11 is 0. The number of ether oxygens (including phenoxy) is 3. The van der Waals surface area contributed by atoms with Crippen LogP contribution in [0.5, 0.6) is 11.5 Å². The van der Waals surface area contributed by atoms with E-state index in [9.17, 15) is 18.0 Å². The van der Waals surface area contributed by atoms with Crippen LogP contribution in [0, 0.1) is 0 Å². The summed E-state index contributed by atoms with van der Waals surface area (Å²) < 4.78 is 60.8. The van der Waals surface area contributed by atoms with Gasteiger partial charge in [-0.1, -0.05) is 18.2 Å². The van der Waals surface area contributed by atoms with Gasteiger partial charge < -0.3 is 23.9 Å². The Morgan fingerprint density at radius 2 is 1.69 bits per heavy atom. The van der Waals surface area contributed by atoms with Gasteiger partial charge in [-0.25, -0.2) is 4.98 Å². The summed E-state index contributed by atoms with van der Waals surface area (Å²) in [6.45, 7) is 5.40. The number of morpholine rings is 1. The maximum absolute atomic E-state index is 13.0. The second kappa shape index (κ2) is 12.1. The molecule has 12 heteroatoms. The highest BCUT2D eigenvalue weighted by molar-refractivity contribution is 5.91. The Bertz CT molecular complexity index is 1260. The number of carbonyl (C=O) groups excluding carboxylic acids is 1. The van der Waals surface area contributed by atoms with Gasteiger partial charge in [-0.2, -0.15) is 13.2 Å². The van der Waals surface area contributed by atoms with Gasteiger partial charge in [0.1, 0.15) is 6.26 Å². The molecule has 2 aliphatic rings. The number of benzene rings is 2. The van der Waals surface area contributed by atoms with E-state index in [4.69, 9.17) is 18.6 Å². The van der Waals surface area contributed by atoms with Crippen molar-refractivity contribution >= 4 is 5.91 Å². The molecule has 0 atom stereocenters. The van der Waals surface area contributed by atoms with Crippen LogP contribution in [-0.2, 0) is 30.5 Å². The van der Waals surface area contributed by atoms with Gasteiger partial charge in [-0.15, -0.1) is 0 Å². The lowest BCUT2D eigenvalue weighted by molar-refractivity contribution is -0.137. The third-order valence-electron chi connectivity index (χ3n) is 6.49. The van der Waals surface area contributed by atoms with E-state index in [1.807, 2.05) is 23.1 Å². The standard InChI is InChI=1S/C27H29F3N4O5/c28-27(29,30)21-4-1-19(2-5-21)14-34(15-20-3-6-23-24(13-20)39-18-38-23)16-25-32-22(17-37-25)26(35)31-7-8-33-9-11-36-12-10-33/h1-6,13,17H,7-12,14-16,18H2,(H,31,35). The van der Waals surface area contributed by atoms with Crippen LogP contribution in [0.25, 0.3) is 0 Å². The minimum Gasteiger partial charge on any atom is -0.454 e. The largest absolute Gasteiger partial charge is 0.454 e. The van der Waals surface area contributed by atoms with Gasteiger partial charge in [-0.3, -0.25) is 14.6 Å². The minimum absolute atomic E-state index is 0.154. The summed E-state index contributed by atoms with van der Waals surface area (Å²) in [6, 6.07) is 10.6. The zero-order chi connectivity index (χ0) is 27.2. The van der Waals surface area contributed by atoms with Crippen molar-refractivity contribution in [1.29, 1.82) is 0 Å². The van der Waals surface area contributed by atoms with Crippen molar-refractivity contribution in [2.75, 3.05) is 46.2 Å². The van der Waals surface area contributed by atoms with Gasteiger partial charge >= 0.3 is 6.18 Å². The Kier molecular flexibility index (Phi) is 8.34. The SMILES string of the molecule is O=C(NCCN1CCOCC1)c1coc(CN(Cc2ccc(C(F)(F)F)cc2)Cc2ccc3c(c2)OCO3)n1. The predicted molar refractivity (Wildman–Crippen MR) is 133 cm³/mol. The van der Waals surface area contributed by atoms with Crippen molar-refractivity contribution in [2.24, 2.45) is 0 Å². The van der Waals surface area contributed by atoms with E-state index in [0.29, 0.717) is 55.8 Å². The van der Waals surface area contributed by atoms with Crippen LogP contribution in [-0.4, -0.2) is 66.9 Å². The molecule has 208 valence electrons. The second-order valence-corrected chi connectivity index (χ2v) is 9.36. The number of rotatable bonds is 10. The number of nitrogens with zero attached hydrogens (tertiary/aromatic N) is 3. The van der Waals surface area contributed by atoms with Gasteiger partial charge in [0.15, 0.2) is 17.2 Å². The molecule has 1 N–H and O–H groups in total. The molecule has 3 aromatic rings. The molecule has 1 saturated heterocycles. The molecule has 0 saturated carbocycles. The number of amides is 1. The molecular weight excluding hydrogens is 517 g/mol. The summed E-state index contributed by atoms with van der Waals surface area (Å²) in [5, 5.41) is 2.86. The summed E-state index contributed by atoms with van der Waals surface area (Å²) in [4.78, 5) is 21.1. The van der Waals surface area contributed by atoms with Crippen LogP contribution in [0.2, 0.25) is 0 Å². The maximum Gasteiger partial charge on any atom is 0.416 e. The van der Waals surface area contributed by atoms with Crippen LogP contribution in [0.3, 0.4) is 0 Å². The number of hydrogen-bond acceptors (Lipinski definition) is 8. The van der Waals surface area contributed by atoms with Crippen LogP contribution in [0.4, 0.5) is 13.2 Å². The first-order chi connectivity index (χ1) is 18.8. The van der Waals surface area contributed by atoms with Crippen molar-refractivity contribution < 1.29 is 36.6 Å². The maximum atomic E-state index is 13.0. The number of oxazole rings is 1. The van der Waals surface area contributed by atoms with Crippen molar-refractivity contribution in [3.05, 3.63) is 77.0 Å². The number of fused-ring (bicyclic) bond motifs is 1. The molecule has 9 nitrogen and oxygen atoms in total. The lowest BCUT2D eigenvalue weighted by Crippen LogP contribution is -2.41. The van der Waals surface area contributed by atoms with E-state index in [1.54, 1.807) is 0 Å². The molecule has 39 heavy (non-hydrogen) atoms. The average molecular weight is 547 g/mol. The van der Waals surface area contributed by atoms with E-state index >= 15 is 0 Å². The van der Waals surface area contributed by atoms with Gasteiger partial charge in [0.05, 0.1) is 25.3 Å². The van der Waals surface area contributed by atoms with Crippen molar-refractivity contribution in [3.8, 4) is 11.5 Å². The van der Waals surface area contributed by atoms with E-state index in [-0.39, 0.29) is 24.9 Å². The van der Waals surface area contributed by atoms with Crippen LogP contribution < -0.4 is 14.8 Å². The topological polar surface area (TPSA) is 89.3 Å². The van der Waals surface area contributed by atoms with E-state index in [0.717, 1.165) is 37.3 Å². The second-order valence-electron chi connectivity index (χ2n) is 9.36. The quantitative estimate of drug-likeness (QED) is 0.412. The van der Waals surface area contributed by atoms with E-state index in [2.05, 4.69) is 15.2 Å². The van der Waals surface area contributed by atoms with Crippen molar-refractivity contribution in [2.45, 2.75) is 25.8 Å². The van der Waals surface area contributed by atoms with Crippen LogP contribution >= 0.6 is 0 Å². The zero-order valence-electron chi connectivity index (χ0n) is 21.2. The Morgan fingerprint density at radius 3 is 2.46 bits per heavy atom. The lowest BCUT2D eigenvalue weighted by Gasteiger charge is -2.26. The molecule has 3 heterocycles. The third-order valence-corrected chi connectivity index (χ3v) is 6.49. The normalized spacial score (nSPS) is 15.6. The number of carbonyl (C=O) groups is 1. The fraction of sp³-hybridized carbons (Fsp3) is 0.407. The molecule has 0 unspecified atom stereocenters. The summed E-state index contributed by atoms with van der Waals surface area (Å²) in [6.07, 6.45) is -3.09. The first-order valence-electron chi connectivity index (χ1n) is 12.6. The van der Waals surface area contributed by atoms with Crippen molar-refractivity contribution in [3.63, 3.8) is 0 Å². The summed E-state index contributed by atoms with van der Waals surface area (Å²) in [5.74, 6) is 1.28. The summed E-state index contributed by atoms with van der Waals surface area (Å²) in [5.41, 5.74) is 1.07. The molecule has 2 aliphatic heterocycles. The Balaban J connectivity index is 1.24. The van der Waals surface area contributed by atoms with Crippen LogP contribution in [0.1, 0.15) is 33.1 Å². The molecule has 0 radical (unpaired) electrons. The predicted octanol–water partition coefficient (Wildman–Crippen LogP) is 3.69. The molecule has 2 aromatic carbocycles. The Morgan fingerprint density at radius 1 is 0.974 bits per heavy atom. The fourth-order valence-corrected chi connectivity index (χ4v) is 4.44. The lowest BCUT2D eigenvalue weighted by atomic mass is 10.1. The van der Waals surface area contributed by atoms with Crippen molar-refractivity contribution in [1.82, 2.24) is 20.1 Å². The highest BCUT2D eigenvalue weighted by Crippen LogP contribution is 2.33. The zero-order valence-corrected chi connectivity index (χ0v) is 21.2. The van der Waals surface area contributed by atoms with E-state index in [1.165, 1.54) is 18.4 Å². The molecule has 1 fully saturated rings. The van der Waals surface area contributed by atoms with Gasteiger partial charge in [0.25, 0.3) is 5.91 Å². The van der Waals surface area contributed by atoms with E-state index < -0.39 is 11.7 Å². The smallest absolute Gasteiger partial charge is 0.416 e. The van der Waals surface area contributed by atoms with Crippen LogP contribution in [0.15, 0.2) is 53.1 Å². The molecule has 0 aliphatic carbocycles. The average Bonchev–Trinajstić information content (AvgIpc) is 3.58. The Hall–Kier alpha value is -3.61. The number of hydrogen-bond donors (Lipinski definition) is 1. The first kappa shape index (κ1) is 27.0. The molecular formula is C27H29F3N4O5. The number of nitrogens with one attached hydrogen (secondary N) is 1. The number of aromatic nitrogens is 1. The van der Waals surface area contributed by atoms with Gasteiger partial charge in [0, 0.05) is 39.3 Å². The van der Waals surface area contributed by atoms with Gasteiger partial charge in [0.2, 0.25) is 12.7 Å². The summed E-state index contributed by atoms with van der Waals surface area (Å²) in [7, 11) is 0. The Labute approximate surface area is 223 Å². The highest BCUT2D eigenvalue weighted by Gasteiger charge is 2.30.